The van der Waals surface area contributed by atoms with Crippen molar-refractivity contribution in [3.05, 3.63) is 19.1 Å². The minimum Gasteiger partial charge on any atom is -0.0531 e. The Kier molecular flexibility index (Phi) is 1.57. The highest BCUT2D eigenvalue weighted by atomic mass is 19.3. The van der Waals surface area contributed by atoms with E-state index in [-0.39, 0.29) is 0 Å². The Hall–Kier alpha value is -0.530. The van der Waals surface area contributed by atoms with Crippen molar-refractivity contribution >= 4 is 0 Å². The van der Waals surface area contributed by atoms with Crippen LogP contribution in [0.25, 0.3) is 0 Å². The first-order chi connectivity index (χ1) is 2.27. The zero-order valence-electron chi connectivity index (χ0n) is 2.54. The van der Waals surface area contributed by atoms with E-state index in [1.165, 1.54) is 0 Å². The zero-order valence-corrected chi connectivity index (χ0v) is 2.54. The largest absolute Gasteiger partial charge is 0.419 e. The molecule has 0 aliphatic heterocycles. The van der Waals surface area contributed by atoms with Crippen LogP contribution in [0.1, 0.15) is 0 Å². The molecule has 0 heterocycles. The normalized spacial score (nSPS) is 6.80. The van der Waals surface area contributed by atoms with E-state index in [1.807, 2.05) is 0 Å². The van der Waals surface area contributed by atoms with Crippen LogP contribution in [-0.2, 0) is 0 Å². The third kappa shape index (κ3) is 3.47. The van der Waals surface area contributed by atoms with Crippen LogP contribution in [0.15, 0.2) is 12.7 Å². The Labute approximate surface area is 29.1 Å². The standard InChI is InChI=1S/C3H3F2/c1-2-3(4)5/h2H,1H2/q+1. The fraction of sp³-hybridized carbons (Fsp3) is 0. The van der Waals surface area contributed by atoms with Gasteiger partial charge in [-0.3, -0.25) is 0 Å². The highest BCUT2D eigenvalue weighted by molar-refractivity contribution is 4.84. The molecule has 28 valence electrons. The van der Waals surface area contributed by atoms with Crippen molar-refractivity contribution in [1.29, 1.82) is 0 Å². The van der Waals surface area contributed by atoms with Crippen molar-refractivity contribution in [3.8, 4) is 0 Å². The lowest BCUT2D eigenvalue weighted by Crippen LogP contribution is -1.59. The molecule has 0 aromatic carbocycles. The molecule has 0 radical (unpaired) electrons. The Morgan fingerprint density at radius 3 is 1.80 bits per heavy atom. The van der Waals surface area contributed by atoms with E-state index in [4.69, 9.17) is 0 Å². The average Bonchev–Trinajstić information content (AvgIpc) is 1.38. The van der Waals surface area contributed by atoms with Gasteiger partial charge in [-0.2, -0.15) is 0 Å². The Morgan fingerprint density at radius 2 is 1.80 bits per heavy atom. The summed E-state index contributed by atoms with van der Waals surface area (Å²) >= 11 is 0. The van der Waals surface area contributed by atoms with Crippen molar-refractivity contribution in [2.45, 2.75) is 0 Å². The van der Waals surface area contributed by atoms with Crippen LogP contribution in [0.3, 0.4) is 0 Å². The number of halogens is 2. The summed E-state index contributed by atoms with van der Waals surface area (Å²) in [6, 6.07) is 0. The molecule has 0 unspecified atom stereocenters. The molecule has 0 aliphatic rings. The fourth-order valence-corrected chi connectivity index (χ4v) is 0. The first kappa shape index (κ1) is 4.47. The van der Waals surface area contributed by atoms with Gasteiger partial charge in [-0.1, -0.05) is 8.78 Å². The first-order valence-corrected chi connectivity index (χ1v) is 1.07. The summed E-state index contributed by atoms with van der Waals surface area (Å²) in [5, 5.41) is 0. The van der Waals surface area contributed by atoms with Gasteiger partial charge in [-0.25, -0.2) is 0 Å². The topological polar surface area (TPSA) is 0 Å². The van der Waals surface area contributed by atoms with Gasteiger partial charge in [0.1, 0.15) is 0 Å². The molecule has 5 heavy (non-hydrogen) atoms. The summed E-state index contributed by atoms with van der Waals surface area (Å²) in [6.07, 6.45) is -1.23. The molecule has 0 saturated heterocycles. The molecular weight excluding hydrogens is 74.0 g/mol. The molecule has 0 rings (SSSR count). The van der Waals surface area contributed by atoms with Crippen molar-refractivity contribution in [2.75, 3.05) is 0 Å². The van der Waals surface area contributed by atoms with E-state index in [9.17, 15) is 8.78 Å². The van der Waals surface area contributed by atoms with E-state index in [1.54, 1.807) is 0 Å². The summed E-state index contributed by atoms with van der Waals surface area (Å²) in [5.41, 5.74) is 0. The van der Waals surface area contributed by atoms with Crippen LogP contribution in [0.5, 0.6) is 0 Å². The monoisotopic (exact) mass is 77.0 g/mol. The van der Waals surface area contributed by atoms with Crippen LogP contribution in [0.2, 0.25) is 0 Å². The molecule has 0 bridgehead atoms. The molecular formula is C3H3F2+. The lowest BCUT2D eigenvalue weighted by molar-refractivity contribution is 0.334. The average molecular weight is 77.1 g/mol. The van der Waals surface area contributed by atoms with Crippen LogP contribution < -0.4 is 0 Å². The summed E-state index contributed by atoms with van der Waals surface area (Å²) in [5.74, 6) is 0. The van der Waals surface area contributed by atoms with Crippen molar-refractivity contribution in [3.63, 3.8) is 0 Å². The van der Waals surface area contributed by atoms with Gasteiger partial charge >= 0.3 is 6.43 Å². The molecule has 0 fully saturated rings. The van der Waals surface area contributed by atoms with Crippen molar-refractivity contribution in [2.24, 2.45) is 0 Å². The molecule has 0 aromatic heterocycles. The van der Waals surface area contributed by atoms with Crippen LogP contribution in [0.4, 0.5) is 8.78 Å². The summed E-state index contributed by atoms with van der Waals surface area (Å²) in [7, 11) is 0. The predicted molar refractivity (Wildman–Crippen MR) is 15.7 cm³/mol. The smallest absolute Gasteiger partial charge is 0.0531 e. The molecule has 0 amide bonds. The SMILES string of the molecule is C=C[C+](F)F. The van der Waals surface area contributed by atoms with Crippen molar-refractivity contribution < 1.29 is 8.78 Å². The van der Waals surface area contributed by atoms with Gasteiger partial charge < -0.3 is 0 Å². The molecule has 0 nitrogen and oxygen atoms in total. The lowest BCUT2D eigenvalue weighted by Gasteiger charge is -1.58. The Morgan fingerprint density at radius 1 is 1.60 bits per heavy atom. The molecule has 0 aliphatic carbocycles. The molecule has 0 spiro atoms. The summed E-state index contributed by atoms with van der Waals surface area (Å²) in [6.45, 7) is 2.77. The fourth-order valence-electron chi connectivity index (χ4n) is 0. The van der Waals surface area contributed by atoms with E-state index >= 15 is 0 Å². The van der Waals surface area contributed by atoms with Gasteiger partial charge in [-0.05, 0) is 0 Å². The van der Waals surface area contributed by atoms with Gasteiger partial charge in [0, 0.05) is 6.58 Å². The van der Waals surface area contributed by atoms with Gasteiger partial charge in [0.05, 0.1) is 0 Å². The lowest BCUT2D eigenvalue weighted by atomic mass is 10.7. The molecule has 0 saturated carbocycles. The van der Waals surface area contributed by atoms with Crippen LogP contribution in [-0.4, -0.2) is 0 Å². The quantitative estimate of drug-likeness (QED) is 0.417. The maximum atomic E-state index is 10.6. The summed E-state index contributed by atoms with van der Waals surface area (Å²) < 4.78 is 21.1. The van der Waals surface area contributed by atoms with E-state index in [0.29, 0.717) is 6.08 Å². The van der Waals surface area contributed by atoms with E-state index in [2.05, 4.69) is 6.58 Å². The van der Waals surface area contributed by atoms with Gasteiger partial charge in [0.15, 0.2) is 6.08 Å². The second-order valence-corrected chi connectivity index (χ2v) is 0.494. The molecule has 0 aromatic rings. The highest BCUT2D eigenvalue weighted by Gasteiger charge is 2.01. The molecule has 2 heteroatoms. The second kappa shape index (κ2) is 1.76. The molecule has 0 N–H and O–H groups in total. The predicted octanol–water partition coefficient (Wildman–Crippen LogP) is 1.60. The second-order valence-electron chi connectivity index (χ2n) is 0.494. The number of hydrogen-bond acceptors (Lipinski definition) is 0. The van der Waals surface area contributed by atoms with E-state index in [0.717, 1.165) is 0 Å². The van der Waals surface area contributed by atoms with E-state index < -0.39 is 6.43 Å². The number of allylic oxidation sites excluding steroid dienone is 1. The maximum absolute atomic E-state index is 10.6. The van der Waals surface area contributed by atoms with Crippen LogP contribution >= 0.6 is 0 Å². The van der Waals surface area contributed by atoms with Gasteiger partial charge in [0.25, 0.3) is 0 Å². The number of hydrogen-bond donors (Lipinski definition) is 0. The van der Waals surface area contributed by atoms with Crippen LogP contribution in [0, 0.1) is 6.43 Å². The third-order valence-corrected chi connectivity index (χ3v) is 0.154. The third-order valence-electron chi connectivity index (χ3n) is 0.154. The summed E-state index contributed by atoms with van der Waals surface area (Å²) in [4.78, 5) is 0. The van der Waals surface area contributed by atoms with Gasteiger partial charge in [-0.15, -0.1) is 0 Å². The van der Waals surface area contributed by atoms with Crippen molar-refractivity contribution in [1.82, 2.24) is 0 Å². The minimum absolute atomic E-state index is 0.500. The minimum atomic E-state index is -1.73. The zero-order chi connectivity index (χ0) is 4.28. The Balaban J connectivity index is 2.83. The van der Waals surface area contributed by atoms with Gasteiger partial charge in [0.2, 0.25) is 0 Å². The first-order valence-electron chi connectivity index (χ1n) is 1.07. The highest BCUT2D eigenvalue weighted by Crippen LogP contribution is 1.99. The Bertz CT molecular complexity index is 31.9. The maximum Gasteiger partial charge on any atom is 0.419 e. The number of rotatable bonds is 1. The molecule has 0 atom stereocenters.